The molecule has 0 N–H and O–H groups in total. The Morgan fingerprint density at radius 3 is 2.61 bits per heavy atom. The minimum absolute atomic E-state index is 0.000383. The van der Waals surface area contributed by atoms with Crippen LogP contribution in [-0.2, 0) is 20.9 Å². The smallest absolute Gasteiger partial charge is 0.309 e. The average Bonchev–Trinajstić information content (AvgIpc) is 2.69. The molecule has 1 heterocycles. The van der Waals surface area contributed by atoms with Crippen molar-refractivity contribution in [1.82, 2.24) is 0 Å². The molecule has 18 heavy (non-hydrogen) atoms. The van der Waals surface area contributed by atoms with Gasteiger partial charge in [-0.2, -0.15) is 0 Å². The van der Waals surface area contributed by atoms with Gasteiger partial charge in [0.15, 0.2) is 0 Å². The molecule has 4 heteroatoms. The van der Waals surface area contributed by atoms with Crippen LogP contribution in [-0.4, -0.2) is 25.8 Å². The first kappa shape index (κ1) is 12.9. The van der Waals surface area contributed by atoms with Crippen LogP contribution in [0.2, 0.25) is 0 Å². The van der Waals surface area contributed by atoms with Crippen molar-refractivity contribution in [1.29, 1.82) is 0 Å². The molecule has 0 aliphatic carbocycles. The van der Waals surface area contributed by atoms with Gasteiger partial charge in [0.1, 0.15) is 11.9 Å². The molecule has 2 rings (SSSR count). The molecular weight excluding hydrogens is 232 g/mol. The van der Waals surface area contributed by atoms with Gasteiger partial charge in [0.25, 0.3) is 0 Å². The lowest BCUT2D eigenvalue weighted by atomic mass is 10.1. The van der Waals surface area contributed by atoms with Gasteiger partial charge in [0.05, 0.1) is 26.2 Å². The summed E-state index contributed by atoms with van der Waals surface area (Å²) in [5.41, 5.74) is 1.08. The van der Waals surface area contributed by atoms with E-state index in [1.54, 1.807) is 7.11 Å². The van der Waals surface area contributed by atoms with Crippen molar-refractivity contribution in [2.24, 2.45) is 5.92 Å². The van der Waals surface area contributed by atoms with E-state index in [1.165, 1.54) is 0 Å². The van der Waals surface area contributed by atoms with Gasteiger partial charge in [-0.25, -0.2) is 0 Å². The summed E-state index contributed by atoms with van der Waals surface area (Å²) < 4.78 is 15.8. The molecule has 0 spiro atoms. The number of methoxy groups -OCH3 is 1. The van der Waals surface area contributed by atoms with Crippen LogP contribution in [0.1, 0.15) is 18.9 Å². The van der Waals surface area contributed by atoms with E-state index in [0.717, 1.165) is 17.7 Å². The number of carbonyl (C=O) groups excluding carboxylic acids is 1. The lowest BCUT2D eigenvalue weighted by Gasteiger charge is -2.10. The van der Waals surface area contributed by atoms with Crippen LogP contribution in [0.15, 0.2) is 24.3 Å². The van der Waals surface area contributed by atoms with Crippen molar-refractivity contribution in [3.8, 4) is 5.75 Å². The fourth-order valence-corrected chi connectivity index (χ4v) is 1.95. The maximum absolute atomic E-state index is 11.2. The SMILES string of the molecule is COc1ccc(COC[C@H]2C[C@@H](C)C(=O)O2)cc1. The Morgan fingerprint density at radius 2 is 2.06 bits per heavy atom. The molecule has 0 radical (unpaired) electrons. The van der Waals surface area contributed by atoms with Crippen molar-refractivity contribution in [2.75, 3.05) is 13.7 Å². The highest BCUT2D eigenvalue weighted by atomic mass is 16.6. The standard InChI is InChI=1S/C14H18O4/c1-10-7-13(18-14(10)15)9-17-8-11-3-5-12(16-2)6-4-11/h3-6,10,13H,7-9H2,1-2H3/t10-,13-/m1/s1. The van der Waals surface area contributed by atoms with Crippen molar-refractivity contribution in [3.63, 3.8) is 0 Å². The Balaban J connectivity index is 1.73. The molecule has 1 saturated heterocycles. The highest BCUT2D eigenvalue weighted by Crippen LogP contribution is 2.21. The third-order valence-electron chi connectivity index (χ3n) is 3.03. The fraction of sp³-hybridized carbons (Fsp3) is 0.500. The summed E-state index contributed by atoms with van der Waals surface area (Å²) in [5, 5.41) is 0. The molecule has 4 nitrogen and oxygen atoms in total. The predicted octanol–water partition coefficient (Wildman–Crippen LogP) is 2.16. The van der Waals surface area contributed by atoms with E-state index in [0.29, 0.717) is 13.2 Å². The number of hydrogen-bond donors (Lipinski definition) is 0. The van der Waals surface area contributed by atoms with Crippen LogP contribution in [0, 0.1) is 5.92 Å². The Labute approximate surface area is 107 Å². The molecule has 1 fully saturated rings. The summed E-state index contributed by atoms with van der Waals surface area (Å²) in [4.78, 5) is 11.2. The topological polar surface area (TPSA) is 44.8 Å². The van der Waals surface area contributed by atoms with Gasteiger partial charge in [-0.15, -0.1) is 0 Å². The van der Waals surface area contributed by atoms with Gasteiger partial charge in [-0.05, 0) is 24.1 Å². The zero-order chi connectivity index (χ0) is 13.0. The molecule has 0 saturated carbocycles. The molecule has 1 aromatic rings. The summed E-state index contributed by atoms with van der Waals surface area (Å²) in [7, 11) is 1.64. The Bertz CT molecular complexity index is 399. The maximum Gasteiger partial charge on any atom is 0.309 e. The van der Waals surface area contributed by atoms with Crippen LogP contribution in [0.4, 0.5) is 0 Å². The largest absolute Gasteiger partial charge is 0.497 e. The molecule has 1 aliphatic heterocycles. The first-order chi connectivity index (χ1) is 8.69. The van der Waals surface area contributed by atoms with Crippen LogP contribution in [0.5, 0.6) is 5.75 Å². The first-order valence-corrected chi connectivity index (χ1v) is 6.10. The van der Waals surface area contributed by atoms with Gasteiger partial charge in [0.2, 0.25) is 0 Å². The van der Waals surface area contributed by atoms with E-state index in [4.69, 9.17) is 14.2 Å². The summed E-state index contributed by atoms with van der Waals surface area (Å²) in [5.74, 6) is 0.713. The highest BCUT2D eigenvalue weighted by Gasteiger charge is 2.30. The molecule has 0 aromatic heterocycles. The molecule has 98 valence electrons. The van der Waals surface area contributed by atoms with Crippen LogP contribution < -0.4 is 4.74 Å². The van der Waals surface area contributed by atoms with Crippen molar-refractivity contribution in [2.45, 2.75) is 26.1 Å². The second kappa shape index (κ2) is 5.87. The Hall–Kier alpha value is -1.55. The molecule has 1 aliphatic rings. The predicted molar refractivity (Wildman–Crippen MR) is 66.3 cm³/mol. The van der Waals surface area contributed by atoms with Crippen LogP contribution in [0.3, 0.4) is 0 Å². The molecular formula is C14H18O4. The van der Waals surface area contributed by atoms with E-state index in [-0.39, 0.29) is 18.0 Å². The quantitative estimate of drug-likeness (QED) is 0.751. The van der Waals surface area contributed by atoms with E-state index < -0.39 is 0 Å². The summed E-state index contributed by atoms with van der Waals surface area (Å²) in [6.07, 6.45) is 0.660. The number of hydrogen-bond acceptors (Lipinski definition) is 4. The van der Waals surface area contributed by atoms with Crippen molar-refractivity contribution >= 4 is 5.97 Å². The second-order valence-corrected chi connectivity index (χ2v) is 4.56. The minimum Gasteiger partial charge on any atom is -0.497 e. The van der Waals surface area contributed by atoms with E-state index in [9.17, 15) is 4.79 Å². The zero-order valence-corrected chi connectivity index (χ0v) is 10.7. The Kier molecular flexibility index (Phi) is 4.20. The van der Waals surface area contributed by atoms with E-state index >= 15 is 0 Å². The molecule has 0 bridgehead atoms. The minimum atomic E-state index is -0.118. The first-order valence-electron chi connectivity index (χ1n) is 6.10. The number of carbonyl (C=O) groups is 1. The monoisotopic (exact) mass is 250 g/mol. The lowest BCUT2D eigenvalue weighted by Crippen LogP contribution is -2.14. The molecule has 0 amide bonds. The second-order valence-electron chi connectivity index (χ2n) is 4.56. The average molecular weight is 250 g/mol. The van der Waals surface area contributed by atoms with Gasteiger partial charge in [-0.3, -0.25) is 4.79 Å². The highest BCUT2D eigenvalue weighted by molar-refractivity contribution is 5.74. The maximum atomic E-state index is 11.2. The molecule has 1 aromatic carbocycles. The van der Waals surface area contributed by atoms with Gasteiger partial charge >= 0.3 is 5.97 Å². The van der Waals surface area contributed by atoms with Gasteiger partial charge < -0.3 is 14.2 Å². The normalized spacial score (nSPS) is 22.9. The number of ether oxygens (including phenoxy) is 3. The molecule has 2 atom stereocenters. The van der Waals surface area contributed by atoms with Crippen molar-refractivity contribution in [3.05, 3.63) is 29.8 Å². The van der Waals surface area contributed by atoms with Crippen molar-refractivity contribution < 1.29 is 19.0 Å². The number of rotatable bonds is 5. The molecule has 0 unspecified atom stereocenters. The number of esters is 1. The third-order valence-corrected chi connectivity index (χ3v) is 3.03. The third kappa shape index (κ3) is 3.23. The number of cyclic esters (lactones) is 1. The fourth-order valence-electron chi connectivity index (χ4n) is 1.95. The lowest BCUT2D eigenvalue weighted by molar-refractivity contribution is -0.145. The summed E-state index contributed by atoms with van der Waals surface area (Å²) in [6.45, 7) is 2.86. The Morgan fingerprint density at radius 1 is 1.33 bits per heavy atom. The van der Waals surface area contributed by atoms with E-state index in [2.05, 4.69) is 0 Å². The van der Waals surface area contributed by atoms with E-state index in [1.807, 2.05) is 31.2 Å². The van der Waals surface area contributed by atoms with Gasteiger partial charge in [-0.1, -0.05) is 19.1 Å². The zero-order valence-electron chi connectivity index (χ0n) is 10.7. The van der Waals surface area contributed by atoms with Crippen LogP contribution in [0.25, 0.3) is 0 Å². The summed E-state index contributed by atoms with van der Waals surface area (Å²) >= 11 is 0. The summed E-state index contributed by atoms with van der Waals surface area (Å²) in [6, 6.07) is 7.72. The number of benzene rings is 1. The van der Waals surface area contributed by atoms with Gasteiger partial charge in [0, 0.05) is 0 Å². The van der Waals surface area contributed by atoms with Crippen LogP contribution >= 0.6 is 0 Å².